The van der Waals surface area contributed by atoms with Gasteiger partial charge in [-0.2, -0.15) is 0 Å². The monoisotopic (exact) mass is 250 g/mol. The summed E-state index contributed by atoms with van der Waals surface area (Å²) in [5, 5.41) is 0. The van der Waals surface area contributed by atoms with Crippen molar-refractivity contribution in [3.63, 3.8) is 0 Å². The van der Waals surface area contributed by atoms with Crippen molar-refractivity contribution in [3.05, 3.63) is 0 Å². The standard InChI is InChI=1S/C11H22S3/c1-2-3-4-5-6-7-8-9-10-14-11(12)13/h2-10H2,1H3,(H,12,13). The van der Waals surface area contributed by atoms with Crippen molar-refractivity contribution in [1.29, 1.82) is 0 Å². The lowest BCUT2D eigenvalue weighted by atomic mass is 10.1. The zero-order chi connectivity index (χ0) is 10.6. The minimum Gasteiger partial charge on any atom is -0.125 e. The third-order valence-corrected chi connectivity index (χ3v) is 3.70. The molecule has 0 N–H and O–H groups in total. The molecular weight excluding hydrogens is 228 g/mol. The molecule has 3 heteroatoms. The van der Waals surface area contributed by atoms with E-state index in [1.54, 1.807) is 11.8 Å². The second-order valence-corrected chi connectivity index (χ2v) is 6.41. The normalized spacial score (nSPS) is 10.4. The summed E-state index contributed by atoms with van der Waals surface area (Å²) in [5.41, 5.74) is 0. The Bertz CT molecular complexity index is 134. The summed E-state index contributed by atoms with van der Waals surface area (Å²) >= 11 is 10.6. The maximum atomic E-state index is 4.87. The number of unbranched alkanes of at least 4 members (excludes halogenated alkanes) is 7. The number of thioether (sulfide) groups is 1. The van der Waals surface area contributed by atoms with Crippen LogP contribution in [-0.2, 0) is 0 Å². The summed E-state index contributed by atoms with van der Waals surface area (Å²) in [5.74, 6) is 1.15. The molecule has 0 aromatic rings. The molecule has 0 unspecified atom stereocenters. The van der Waals surface area contributed by atoms with Gasteiger partial charge in [-0.25, -0.2) is 0 Å². The van der Waals surface area contributed by atoms with E-state index in [9.17, 15) is 0 Å². The van der Waals surface area contributed by atoms with Crippen molar-refractivity contribution in [3.8, 4) is 0 Å². The number of thiocarbonyl (C=S) groups is 1. The third-order valence-electron chi connectivity index (χ3n) is 2.22. The zero-order valence-corrected chi connectivity index (χ0v) is 11.7. The summed E-state index contributed by atoms with van der Waals surface area (Å²) in [4.78, 5) is 0. The van der Waals surface area contributed by atoms with E-state index in [2.05, 4.69) is 19.6 Å². The van der Waals surface area contributed by atoms with E-state index in [0.29, 0.717) is 0 Å². The summed E-state index contributed by atoms with van der Waals surface area (Å²) < 4.78 is 0.785. The molecule has 0 aliphatic rings. The number of thiol groups is 1. The summed E-state index contributed by atoms with van der Waals surface area (Å²) in [6.07, 6.45) is 11.0. The summed E-state index contributed by atoms with van der Waals surface area (Å²) in [6, 6.07) is 0. The van der Waals surface area contributed by atoms with Crippen LogP contribution in [0.4, 0.5) is 0 Å². The van der Waals surface area contributed by atoms with Gasteiger partial charge in [0.05, 0.1) is 0 Å². The van der Waals surface area contributed by atoms with Crippen molar-refractivity contribution < 1.29 is 0 Å². The molecule has 0 aliphatic heterocycles. The molecule has 0 atom stereocenters. The van der Waals surface area contributed by atoms with E-state index in [1.807, 2.05) is 0 Å². The number of hydrogen-bond acceptors (Lipinski definition) is 2. The zero-order valence-electron chi connectivity index (χ0n) is 9.13. The van der Waals surface area contributed by atoms with E-state index in [0.717, 1.165) is 9.28 Å². The van der Waals surface area contributed by atoms with Gasteiger partial charge in [0.15, 0.2) is 0 Å². The fourth-order valence-electron chi connectivity index (χ4n) is 1.40. The maximum absolute atomic E-state index is 4.87. The Balaban J connectivity index is 2.88. The van der Waals surface area contributed by atoms with Crippen LogP contribution in [0, 0.1) is 0 Å². The highest BCUT2D eigenvalue weighted by molar-refractivity contribution is 8.41. The average molecular weight is 250 g/mol. The van der Waals surface area contributed by atoms with Gasteiger partial charge in [0.2, 0.25) is 0 Å². The lowest BCUT2D eigenvalue weighted by Gasteiger charge is -2.00. The van der Waals surface area contributed by atoms with E-state index in [-0.39, 0.29) is 0 Å². The smallest absolute Gasteiger partial charge is 0.101 e. The molecule has 0 bridgehead atoms. The molecule has 0 amide bonds. The first kappa shape index (κ1) is 14.8. The van der Waals surface area contributed by atoms with Gasteiger partial charge < -0.3 is 0 Å². The highest BCUT2D eigenvalue weighted by atomic mass is 32.2. The van der Waals surface area contributed by atoms with Crippen LogP contribution in [0.1, 0.15) is 58.3 Å². The Morgan fingerprint density at radius 1 is 1.00 bits per heavy atom. The first-order valence-corrected chi connectivity index (χ1v) is 7.47. The maximum Gasteiger partial charge on any atom is 0.101 e. The minimum atomic E-state index is 0.785. The Morgan fingerprint density at radius 3 is 2.00 bits per heavy atom. The van der Waals surface area contributed by atoms with Crippen LogP contribution in [0.5, 0.6) is 0 Å². The van der Waals surface area contributed by atoms with E-state index in [4.69, 9.17) is 12.2 Å². The molecule has 14 heavy (non-hydrogen) atoms. The van der Waals surface area contributed by atoms with Gasteiger partial charge >= 0.3 is 0 Å². The molecule has 0 saturated carbocycles. The average Bonchev–Trinajstić information content (AvgIpc) is 2.15. The molecule has 0 fully saturated rings. The molecule has 0 nitrogen and oxygen atoms in total. The Kier molecular flexibility index (Phi) is 12.5. The van der Waals surface area contributed by atoms with Crippen molar-refractivity contribution in [2.24, 2.45) is 0 Å². The fraction of sp³-hybridized carbons (Fsp3) is 0.909. The van der Waals surface area contributed by atoms with Gasteiger partial charge in [0, 0.05) is 0 Å². The molecule has 0 heterocycles. The van der Waals surface area contributed by atoms with E-state index >= 15 is 0 Å². The lowest BCUT2D eigenvalue weighted by molar-refractivity contribution is 0.586. The molecule has 0 rings (SSSR count). The highest BCUT2D eigenvalue weighted by Crippen LogP contribution is 2.13. The predicted molar refractivity (Wildman–Crippen MR) is 76.7 cm³/mol. The molecule has 0 spiro atoms. The molecule has 84 valence electrons. The third kappa shape index (κ3) is 12.8. The van der Waals surface area contributed by atoms with Crippen molar-refractivity contribution >= 4 is 40.1 Å². The Morgan fingerprint density at radius 2 is 1.50 bits per heavy atom. The van der Waals surface area contributed by atoms with E-state index < -0.39 is 0 Å². The van der Waals surface area contributed by atoms with Gasteiger partial charge in [-0.1, -0.05) is 64.1 Å². The van der Waals surface area contributed by atoms with Crippen molar-refractivity contribution in [2.45, 2.75) is 58.3 Å². The molecular formula is C11H22S3. The van der Waals surface area contributed by atoms with Gasteiger partial charge in [-0.3, -0.25) is 0 Å². The minimum absolute atomic E-state index is 0.785. The lowest BCUT2D eigenvalue weighted by Crippen LogP contribution is -1.84. The van der Waals surface area contributed by atoms with Gasteiger partial charge in [0.25, 0.3) is 0 Å². The number of rotatable bonds is 9. The topological polar surface area (TPSA) is 0 Å². The van der Waals surface area contributed by atoms with Crippen molar-refractivity contribution in [2.75, 3.05) is 5.75 Å². The number of hydrogen-bond donors (Lipinski definition) is 1. The van der Waals surface area contributed by atoms with Gasteiger partial charge in [-0.05, 0) is 12.2 Å². The first-order valence-electron chi connectivity index (χ1n) is 5.63. The van der Waals surface area contributed by atoms with Crippen LogP contribution in [0.2, 0.25) is 0 Å². The van der Waals surface area contributed by atoms with Crippen LogP contribution in [0.25, 0.3) is 0 Å². The van der Waals surface area contributed by atoms with Crippen LogP contribution < -0.4 is 0 Å². The molecule has 0 aromatic carbocycles. The quantitative estimate of drug-likeness (QED) is 0.344. The first-order chi connectivity index (χ1) is 6.77. The SMILES string of the molecule is CCCCCCCCCCSC(=S)S. The largest absolute Gasteiger partial charge is 0.125 e. The predicted octanol–water partition coefficient (Wildman–Crippen LogP) is 5.08. The van der Waals surface area contributed by atoms with E-state index in [1.165, 1.54) is 51.4 Å². The molecule has 0 aromatic heterocycles. The van der Waals surface area contributed by atoms with Crippen molar-refractivity contribution in [1.82, 2.24) is 0 Å². The Labute approximate surface area is 104 Å². The Hall–Kier alpha value is 0.790. The fourth-order valence-corrected chi connectivity index (χ4v) is 2.44. The summed E-state index contributed by atoms with van der Waals surface area (Å²) in [6.45, 7) is 2.26. The molecule has 0 aliphatic carbocycles. The van der Waals surface area contributed by atoms with Crippen LogP contribution in [0.3, 0.4) is 0 Å². The molecule has 0 saturated heterocycles. The highest BCUT2D eigenvalue weighted by Gasteiger charge is 1.93. The van der Waals surface area contributed by atoms with Gasteiger partial charge in [-0.15, -0.1) is 24.4 Å². The van der Waals surface area contributed by atoms with Crippen LogP contribution in [-0.4, -0.2) is 9.28 Å². The molecule has 0 radical (unpaired) electrons. The second kappa shape index (κ2) is 11.9. The summed E-state index contributed by atoms with van der Waals surface area (Å²) in [7, 11) is 0. The van der Waals surface area contributed by atoms with Gasteiger partial charge in [0.1, 0.15) is 3.53 Å². The second-order valence-electron chi connectivity index (χ2n) is 3.59. The van der Waals surface area contributed by atoms with Crippen LogP contribution in [0.15, 0.2) is 0 Å². The van der Waals surface area contributed by atoms with Crippen LogP contribution >= 0.6 is 36.6 Å².